The number of amides is 1. The molecule has 0 saturated heterocycles. The monoisotopic (exact) mass is 309 g/mol. The Hall–Kier alpha value is -1.20. The molecular formula is C16H23NO3S. The molecule has 1 aromatic rings. The van der Waals surface area contributed by atoms with Gasteiger partial charge < -0.3 is 14.7 Å². The second kappa shape index (κ2) is 8.29. The maximum absolute atomic E-state index is 12.4. The number of ether oxygens (including phenoxy) is 1. The van der Waals surface area contributed by atoms with Crippen molar-refractivity contribution >= 4 is 17.7 Å². The number of hydrogen-bond donors (Lipinski definition) is 1. The Morgan fingerprint density at radius 1 is 1.33 bits per heavy atom. The van der Waals surface area contributed by atoms with Crippen molar-refractivity contribution in [3.8, 4) is 5.75 Å². The first-order chi connectivity index (χ1) is 10.2. The molecule has 1 amide bonds. The van der Waals surface area contributed by atoms with Gasteiger partial charge in [0.15, 0.2) is 0 Å². The van der Waals surface area contributed by atoms with Gasteiger partial charge in [0.05, 0.1) is 19.5 Å². The predicted octanol–water partition coefficient (Wildman–Crippen LogP) is 2.55. The lowest BCUT2D eigenvalue weighted by molar-refractivity contribution is -0.131. The third kappa shape index (κ3) is 4.64. The summed E-state index contributed by atoms with van der Waals surface area (Å²) in [5, 5.41) is 9.17. The lowest BCUT2D eigenvalue weighted by Crippen LogP contribution is -2.41. The average molecular weight is 309 g/mol. The van der Waals surface area contributed by atoms with E-state index >= 15 is 0 Å². The van der Waals surface area contributed by atoms with Crippen LogP contribution in [-0.2, 0) is 4.79 Å². The van der Waals surface area contributed by atoms with Crippen molar-refractivity contribution in [3.05, 3.63) is 24.3 Å². The smallest absolute Gasteiger partial charge is 0.233 e. The zero-order valence-electron chi connectivity index (χ0n) is 12.5. The maximum Gasteiger partial charge on any atom is 0.233 e. The van der Waals surface area contributed by atoms with E-state index in [2.05, 4.69) is 0 Å². The van der Waals surface area contributed by atoms with Gasteiger partial charge in [-0.15, -0.1) is 11.8 Å². The molecule has 1 saturated carbocycles. The second-order valence-electron chi connectivity index (χ2n) is 5.21. The Balaban J connectivity index is 1.88. The highest BCUT2D eigenvalue weighted by Gasteiger charge is 2.25. The van der Waals surface area contributed by atoms with Crippen LogP contribution in [0.3, 0.4) is 0 Å². The topological polar surface area (TPSA) is 49.8 Å². The van der Waals surface area contributed by atoms with Gasteiger partial charge in [-0.2, -0.15) is 0 Å². The summed E-state index contributed by atoms with van der Waals surface area (Å²) in [6.07, 6.45) is 4.51. The predicted molar refractivity (Wildman–Crippen MR) is 84.8 cm³/mol. The van der Waals surface area contributed by atoms with Crippen LogP contribution in [0.4, 0.5) is 0 Å². The first kappa shape index (κ1) is 16.2. The summed E-state index contributed by atoms with van der Waals surface area (Å²) in [5.41, 5.74) is 0. The van der Waals surface area contributed by atoms with Crippen molar-refractivity contribution in [2.75, 3.05) is 26.0 Å². The van der Waals surface area contributed by atoms with Gasteiger partial charge in [0, 0.05) is 17.5 Å². The highest BCUT2D eigenvalue weighted by molar-refractivity contribution is 8.00. The molecule has 1 aliphatic carbocycles. The molecule has 0 aromatic heterocycles. The quantitative estimate of drug-likeness (QED) is 0.787. The highest BCUT2D eigenvalue weighted by atomic mass is 32.2. The minimum atomic E-state index is 0.0371. The molecule has 2 rings (SSSR count). The molecule has 0 spiro atoms. The van der Waals surface area contributed by atoms with Crippen LogP contribution in [0.2, 0.25) is 0 Å². The van der Waals surface area contributed by atoms with Crippen molar-refractivity contribution in [1.29, 1.82) is 0 Å². The number of carbonyl (C=O) groups excluding carboxylic acids is 1. The largest absolute Gasteiger partial charge is 0.497 e. The van der Waals surface area contributed by atoms with Crippen LogP contribution in [0.15, 0.2) is 29.2 Å². The third-order valence-corrected chi connectivity index (χ3v) is 4.85. The Labute approximate surface area is 130 Å². The fourth-order valence-electron chi connectivity index (χ4n) is 2.73. The van der Waals surface area contributed by atoms with Crippen molar-refractivity contribution in [2.24, 2.45) is 0 Å². The number of aliphatic hydroxyl groups is 1. The SMILES string of the molecule is COc1ccc(SCC(=O)N(CCO)C2CCCC2)cc1. The van der Waals surface area contributed by atoms with Gasteiger partial charge in [-0.05, 0) is 37.1 Å². The number of benzene rings is 1. The van der Waals surface area contributed by atoms with E-state index in [1.165, 1.54) is 24.6 Å². The second-order valence-corrected chi connectivity index (χ2v) is 6.26. The number of aliphatic hydroxyl groups excluding tert-OH is 1. The normalized spacial score (nSPS) is 15.1. The van der Waals surface area contributed by atoms with Crippen molar-refractivity contribution in [3.63, 3.8) is 0 Å². The summed E-state index contributed by atoms with van der Waals surface area (Å²) >= 11 is 1.53. The molecule has 21 heavy (non-hydrogen) atoms. The first-order valence-corrected chi connectivity index (χ1v) is 8.40. The van der Waals surface area contributed by atoms with Gasteiger partial charge in [-0.1, -0.05) is 12.8 Å². The summed E-state index contributed by atoms with van der Waals surface area (Å²) in [7, 11) is 1.64. The summed E-state index contributed by atoms with van der Waals surface area (Å²) in [5.74, 6) is 1.36. The molecule has 1 fully saturated rings. The number of rotatable bonds is 7. The fraction of sp³-hybridized carbons (Fsp3) is 0.562. The van der Waals surface area contributed by atoms with E-state index in [0.717, 1.165) is 23.5 Å². The van der Waals surface area contributed by atoms with E-state index in [-0.39, 0.29) is 12.5 Å². The molecule has 0 bridgehead atoms. The lowest BCUT2D eigenvalue weighted by Gasteiger charge is -2.28. The Bertz CT molecular complexity index is 443. The Morgan fingerprint density at radius 2 is 2.00 bits per heavy atom. The molecule has 1 N–H and O–H groups in total. The van der Waals surface area contributed by atoms with Crippen molar-refractivity contribution in [2.45, 2.75) is 36.6 Å². The van der Waals surface area contributed by atoms with Crippen LogP contribution in [0.1, 0.15) is 25.7 Å². The third-order valence-electron chi connectivity index (χ3n) is 3.85. The number of hydrogen-bond acceptors (Lipinski definition) is 4. The van der Waals surface area contributed by atoms with Gasteiger partial charge >= 0.3 is 0 Å². The average Bonchev–Trinajstić information content (AvgIpc) is 3.04. The van der Waals surface area contributed by atoms with Crippen LogP contribution in [0, 0.1) is 0 Å². The molecule has 0 heterocycles. The summed E-state index contributed by atoms with van der Waals surface area (Å²) < 4.78 is 5.12. The standard InChI is InChI=1S/C16H23NO3S/c1-20-14-6-8-15(9-7-14)21-12-16(19)17(10-11-18)13-4-2-3-5-13/h6-9,13,18H,2-5,10-12H2,1H3. The van der Waals surface area contributed by atoms with Gasteiger partial charge in [0.1, 0.15) is 5.75 Å². The van der Waals surface area contributed by atoms with Crippen molar-refractivity contribution < 1.29 is 14.6 Å². The molecule has 5 heteroatoms. The fourth-order valence-corrected chi connectivity index (χ4v) is 3.52. The van der Waals surface area contributed by atoms with E-state index in [1.807, 2.05) is 29.2 Å². The lowest BCUT2D eigenvalue weighted by atomic mass is 10.2. The van der Waals surface area contributed by atoms with E-state index in [4.69, 9.17) is 4.74 Å². The molecule has 0 unspecified atom stereocenters. The molecule has 4 nitrogen and oxygen atoms in total. The molecule has 116 valence electrons. The Kier molecular flexibility index (Phi) is 6.39. The molecule has 0 radical (unpaired) electrons. The highest BCUT2D eigenvalue weighted by Crippen LogP contribution is 2.26. The number of carbonyl (C=O) groups is 1. The van der Waals surface area contributed by atoms with E-state index in [0.29, 0.717) is 18.3 Å². The summed E-state index contributed by atoms with van der Waals surface area (Å²) in [6, 6.07) is 8.04. The summed E-state index contributed by atoms with van der Waals surface area (Å²) in [6.45, 7) is 0.488. The molecule has 0 atom stereocenters. The van der Waals surface area contributed by atoms with Gasteiger partial charge in [-0.3, -0.25) is 4.79 Å². The van der Waals surface area contributed by atoms with Gasteiger partial charge in [-0.25, -0.2) is 0 Å². The van der Waals surface area contributed by atoms with E-state index in [9.17, 15) is 9.90 Å². The molecule has 0 aliphatic heterocycles. The van der Waals surface area contributed by atoms with E-state index in [1.54, 1.807) is 7.11 Å². The van der Waals surface area contributed by atoms with Crippen molar-refractivity contribution in [1.82, 2.24) is 4.90 Å². The van der Waals surface area contributed by atoms with E-state index < -0.39 is 0 Å². The first-order valence-electron chi connectivity index (χ1n) is 7.41. The number of methoxy groups -OCH3 is 1. The minimum Gasteiger partial charge on any atom is -0.497 e. The zero-order valence-corrected chi connectivity index (χ0v) is 13.3. The van der Waals surface area contributed by atoms with Crippen LogP contribution < -0.4 is 4.74 Å². The Morgan fingerprint density at radius 3 is 2.57 bits per heavy atom. The van der Waals surface area contributed by atoms with Crippen LogP contribution >= 0.6 is 11.8 Å². The molecular weight excluding hydrogens is 286 g/mol. The van der Waals surface area contributed by atoms with Crippen LogP contribution in [0.5, 0.6) is 5.75 Å². The number of thioether (sulfide) groups is 1. The number of nitrogens with zero attached hydrogens (tertiary/aromatic N) is 1. The summed E-state index contributed by atoms with van der Waals surface area (Å²) in [4.78, 5) is 15.3. The zero-order chi connectivity index (χ0) is 15.1. The molecule has 1 aliphatic rings. The molecule has 1 aromatic carbocycles. The maximum atomic E-state index is 12.4. The van der Waals surface area contributed by atoms with Crippen LogP contribution in [0.25, 0.3) is 0 Å². The van der Waals surface area contributed by atoms with Crippen LogP contribution in [-0.4, -0.2) is 48.0 Å². The van der Waals surface area contributed by atoms with Gasteiger partial charge in [0.25, 0.3) is 0 Å². The minimum absolute atomic E-state index is 0.0371. The van der Waals surface area contributed by atoms with Gasteiger partial charge in [0.2, 0.25) is 5.91 Å².